The molecule has 2 aliphatic rings. The number of carbonyl (C=O) groups is 1. The summed E-state index contributed by atoms with van der Waals surface area (Å²) < 4.78 is 0. The molecule has 168 valence electrons. The lowest BCUT2D eigenvalue weighted by molar-refractivity contribution is 0.128. The van der Waals surface area contributed by atoms with Crippen molar-refractivity contribution in [3.63, 3.8) is 0 Å². The highest BCUT2D eigenvalue weighted by Crippen LogP contribution is 2.31. The van der Waals surface area contributed by atoms with Gasteiger partial charge in [0.05, 0.1) is 6.20 Å². The van der Waals surface area contributed by atoms with E-state index in [1.165, 1.54) is 16.9 Å². The zero-order valence-corrected chi connectivity index (χ0v) is 18.7. The third kappa shape index (κ3) is 3.66. The van der Waals surface area contributed by atoms with Crippen LogP contribution in [0.3, 0.4) is 0 Å². The van der Waals surface area contributed by atoms with Crippen LogP contribution in [0.2, 0.25) is 0 Å². The quantitative estimate of drug-likeness (QED) is 0.652. The van der Waals surface area contributed by atoms with E-state index in [4.69, 9.17) is 4.98 Å². The molecule has 2 fully saturated rings. The molecule has 2 unspecified atom stereocenters. The number of anilines is 1. The lowest BCUT2D eigenvalue weighted by atomic mass is 9.96. The molecule has 0 spiro atoms. The molecule has 2 N–H and O–H groups in total. The van der Waals surface area contributed by atoms with Gasteiger partial charge in [-0.2, -0.15) is 5.10 Å². The van der Waals surface area contributed by atoms with Crippen LogP contribution in [-0.2, 0) is 0 Å². The smallest absolute Gasteiger partial charge is 0.407 e. The highest BCUT2D eigenvalue weighted by Gasteiger charge is 2.33. The van der Waals surface area contributed by atoms with Crippen molar-refractivity contribution in [2.24, 2.45) is 0 Å². The number of benzene rings is 1. The van der Waals surface area contributed by atoms with Crippen LogP contribution in [0.25, 0.3) is 22.3 Å². The van der Waals surface area contributed by atoms with Crippen molar-refractivity contribution in [2.45, 2.75) is 38.3 Å². The lowest BCUT2D eigenvalue weighted by Crippen LogP contribution is -2.58. The lowest BCUT2D eigenvalue weighted by Gasteiger charge is -2.43. The van der Waals surface area contributed by atoms with Gasteiger partial charge >= 0.3 is 6.09 Å². The number of nitrogens with one attached hydrogen (secondary N) is 1. The van der Waals surface area contributed by atoms with E-state index in [2.05, 4.69) is 56.3 Å². The van der Waals surface area contributed by atoms with Gasteiger partial charge in [0.2, 0.25) is 5.95 Å². The van der Waals surface area contributed by atoms with E-state index >= 15 is 0 Å². The Kier molecular flexibility index (Phi) is 5.21. The molecule has 0 radical (unpaired) electrons. The number of likely N-dealkylation sites (tertiary alicyclic amines) is 1. The maximum Gasteiger partial charge on any atom is 0.407 e. The Bertz CT molecular complexity index is 1120. The average Bonchev–Trinajstić information content (AvgIpc) is 3.39. The Balaban J connectivity index is 1.44. The molecule has 2 saturated heterocycles. The summed E-state index contributed by atoms with van der Waals surface area (Å²) in [5.74, 6) is 1.20. The predicted octanol–water partition coefficient (Wildman–Crippen LogP) is 3.02. The zero-order chi connectivity index (χ0) is 22.4. The summed E-state index contributed by atoms with van der Waals surface area (Å²) in [5, 5.41) is 16.9. The maximum atomic E-state index is 11.4. The number of likely N-dealkylation sites (N-methyl/N-ethyl adjacent to an activating group) is 1. The normalized spacial score (nSPS) is 24.4. The molecule has 32 heavy (non-hydrogen) atoms. The first kappa shape index (κ1) is 20.7. The van der Waals surface area contributed by atoms with Gasteiger partial charge in [0.15, 0.2) is 0 Å². The van der Waals surface area contributed by atoms with Gasteiger partial charge in [0, 0.05) is 37.3 Å². The number of amides is 1. The number of nitrogens with zero attached hydrogens (tertiary/aromatic N) is 6. The Morgan fingerprint density at radius 2 is 1.84 bits per heavy atom. The largest absolute Gasteiger partial charge is 0.465 e. The second-order valence-corrected chi connectivity index (χ2v) is 9.17. The number of piperazine rings is 1. The fraction of sp³-hybridized carbons (Fsp3) is 0.478. The number of rotatable bonds is 3. The fourth-order valence-electron chi connectivity index (χ4n) is 5.12. The summed E-state index contributed by atoms with van der Waals surface area (Å²) in [4.78, 5) is 26.8. The van der Waals surface area contributed by atoms with Crippen molar-refractivity contribution >= 4 is 23.1 Å². The van der Waals surface area contributed by atoms with E-state index in [0.29, 0.717) is 25.0 Å². The van der Waals surface area contributed by atoms with Crippen LogP contribution in [0.1, 0.15) is 31.7 Å². The van der Waals surface area contributed by atoms with Gasteiger partial charge < -0.3 is 19.8 Å². The molecule has 0 bridgehead atoms. The van der Waals surface area contributed by atoms with Crippen LogP contribution in [0.5, 0.6) is 0 Å². The number of hydrogen-bond donors (Lipinski definition) is 2. The number of fused-ring (bicyclic) bond motifs is 1. The van der Waals surface area contributed by atoms with Gasteiger partial charge in [0.1, 0.15) is 16.7 Å². The van der Waals surface area contributed by atoms with E-state index in [-0.39, 0.29) is 12.1 Å². The predicted molar refractivity (Wildman–Crippen MR) is 123 cm³/mol. The van der Waals surface area contributed by atoms with Crippen molar-refractivity contribution in [3.8, 4) is 11.3 Å². The molecule has 0 aliphatic carbocycles. The van der Waals surface area contributed by atoms with Crippen molar-refractivity contribution in [1.29, 1.82) is 0 Å². The molecular weight excluding hydrogens is 406 g/mol. The topological polar surface area (TPSA) is 101 Å². The molecule has 0 saturated carbocycles. The van der Waals surface area contributed by atoms with Crippen LogP contribution in [0.4, 0.5) is 10.7 Å². The second-order valence-electron chi connectivity index (χ2n) is 9.17. The molecule has 2 aromatic heterocycles. The first-order chi connectivity index (χ1) is 15.4. The third-order valence-electron chi connectivity index (χ3n) is 6.76. The summed E-state index contributed by atoms with van der Waals surface area (Å²) in [7, 11) is 2.17. The van der Waals surface area contributed by atoms with E-state index in [1.54, 1.807) is 6.20 Å². The van der Waals surface area contributed by atoms with E-state index in [0.717, 1.165) is 35.4 Å². The number of aromatic amines is 1. The van der Waals surface area contributed by atoms with Crippen molar-refractivity contribution in [1.82, 2.24) is 30.0 Å². The fourth-order valence-corrected chi connectivity index (χ4v) is 5.12. The Morgan fingerprint density at radius 3 is 2.47 bits per heavy atom. The number of H-pyrrole nitrogens is 1. The summed E-state index contributed by atoms with van der Waals surface area (Å²) >= 11 is 0. The monoisotopic (exact) mass is 435 g/mol. The van der Waals surface area contributed by atoms with Crippen LogP contribution < -0.4 is 4.90 Å². The molecule has 3 atom stereocenters. The first-order valence-electron chi connectivity index (χ1n) is 11.2. The standard InChI is InChI=1S/C23H29N7O2/c1-14-11-29(23(31)32)12-15(2)30(14)22-24-10-19-21(25-22)20(27-26-19)17-6-4-16(5-7-17)18-8-9-28(3)13-18/h4-7,10,14-15,18H,8-9,11-13H2,1-3H3,(H,26,27)(H,31,32)/t14-,15?,18?/m0/s1. The van der Waals surface area contributed by atoms with Gasteiger partial charge in [-0.25, -0.2) is 14.8 Å². The summed E-state index contributed by atoms with van der Waals surface area (Å²) in [6, 6.07) is 8.62. The van der Waals surface area contributed by atoms with Gasteiger partial charge in [-0.05, 0) is 45.3 Å². The van der Waals surface area contributed by atoms with Crippen molar-refractivity contribution in [3.05, 3.63) is 36.0 Å². The molecule has 4 heterocycles. The Hall–Kier alpha value is -3.20. The number of hydrogen-bond acceptors (Lipinski definition) is 6. The van der Waals surface area contributed by atoms with Crippen LogP contribution in [-0.4, -0.2) is 86.5 Å². The molecule has 3 aromatic rings. The third-order valence-corrected chi connectivity index (χ3v) is 6.76. The summed E-state index contributed by atoms with van der Waals surface area (Å²) in [5.41, 5.74) is 4.77. The molecular formula is C23H29N7O2. The van der Waals surface area contributed by atoms with E-state index in [1.807, 2.05) is 13.8 Å². The van der Waals surface area contributed by atoms with Crippen LogP contribution >= 0.6 is 0 Å². The molecule has 9 nitrogen and oxygen atoms in total. The van der Waals surface area contributed by atoms with Crippen LogP contribution in [0, 0.1) is 0 Å². The number of carboxylic acid groups (broad SMARTS) is 1. The molecule has 1 aromatic carbocycles. The van der Waals surface area contributed by atoms with Gasteiger partial charge in [-0.3, -0.25) is 5.10 Å². The minimum atomic E-state index is -0.885. The maximum absolute atomic E-state index is 11.4. The molecule has 5 rings (SSSR count). The number of aromatic nitrogens is 4. The second kappa shape index (κ2) is 8.05. The van der Waals surface area contributed by atoms with Gasteiger partial charge in [0.25, 0.3) is 0 Å². The Labute approximate surface area is 187 Å². The SMILES string of the molecule is CC1CN(C(=O)O)C[C@H](C)N1c1ncc2[nH]nc(-c3ccc(C4CCN(C)C4)cc3)c2n1. The van der Waals surface area contributed by atoms with Gasteiger partial charge in [-0.15, -0.1) is 0 Å². The average molecular weight is 436 g/mol. The highest BCUT2D eigenvalue weighted by molar-refractivity contribution is 5.89. The Morgan fingerprint density at radius 1 is 1.12 bits per heavy atom. The summed E-state index contributed by atoms with van der Waals surface area (Å²) in [6.07, 6.45) is 2.08. The van der Waals surface area contributed by atoms with Crippen LogP contribution in [0.15, 0.2) is 30.5 Å². The van der Waals surface area contributed by atoms with Crippen molar-refractivity contribution < 1.29 is 9.90 Å². The first-order valence-corrected chi connectivity index (χ1v) is 11.2. The van der Waals surface area contributed by atoms with Crippen molar-refractivity contribution in [2.75, 3.05) is 38.1 Å². The van der Waals surface area contributed by atoms with E-state index < -0.39 is 6.09 Å². The molecule has 2 aliphatic heterocycles. The molecule has 9 heteroatoms. The zero-order valence-electron chi connectivity index (χ0n) is 18.7. The highest BCUT2D eigenvalue weighted by atomic mass is 16.4. The van der Waals surface area contributed by atoms with Gasteiger partial charge in [-0.1, -0.05) is 24.3 Å². The summed E-state index contributed by atoms with van der Waals surface area (Å²) in [6.45, 7) is 7.12. The molecule has 1 amide bonds. The minimum absolute atomic E-state index is 0.0218. The van der Waals surface area contributed by atoms with E-state index in [9.17, 15) is 9.90 Å². The minimum Gasteiger partial charge on any atom is -0.465 e.